The summed E-state index contributed by atoms with van der Waals surface area (Å²) in [7, 11) is 1.62. The van der Waals surface area contributed by atoms with Crippen LogP contribution in [-0.2, 0) is 16.1 Å². The van der Waals surface area contributed by atoms with Crippen LogP contribution in [0.15, 0.2) is 18.2 Å². The lowest BCUT2D eigenvalue weighted by Gasteiger charge is -2.45. The third-order valence-corrected chi connectivity index (χ3v) is 8.27. The zero-order valence-corrected chi connectivity index (χ0v) is 21.4. The number of carbonyl (C=O) groups is 2. The van der Waals surface area contributed by atoms with Crippen LogP contribution in [0.1, 0.15) is 51.0 Å². The molecule has 3 aliphatic rings. The highest BCUT2D eigenvalue weighted by Gasteiger charge is 2.45. The van der Waals surface area contributed by atoms with Crippen molar-refractivity contribution in [3.8, 4) is 5.75 Å². The molecule has 4 rings (SSSR count). The molecule has 8 nitrogen and oxygen atoms in total. The fourth-order valence-corrected chi connectivity index (χ4v) is 5.88. The molecule has 0 aliphatic carbocycles. The van der Waals surface area contributed by atoms with Crippen LogP contribution in [0.4, 0.5) is 23.7 Å². The van der Waals surface area contributed by atoms with E-state index < -0.39 is 24.3 Å². The van der Waals surface area contributed by atoms with Gasteiger partial charge in [-0.3, -0.25) is 9.69 Å². The average molecular weight is 528 g/mol. The van der Waals surface area contributed by atoms with Gasteiger partial charge in [-0.25, -0.2) is 4.79 Å². The second-order valence-corrected chi connectivity index (χ2v) is 10.4. The SMILES string of the molecule is COc1ccc(CN2CCCC23CCN(C(=O)OC(C)C(F)(F)F)CC3)c(N2CCC(C(=O)O)CC2)c1. The molecule has 37 heavy (non-hydrogen) atoms. The number of alkyl halides is 3. The molecule has 0 radical (unpaired) electrons. The fraction of sp³-hybridized carbons (Fsp3) is 0.692. The van der Waals surface area contributed by atoms with Gasteiger partial charge in [-0.2, -0.15) is 13.2 Å². The summed E-state index contributed by atoms with van der Waals surface area (Å²) in [5.41, 5.74) is 2.07. The minimum Gasteiger partial charge on any atom is -0.497 e. The van der Waals surface area contributed by atoms with Crippen molar-refractivity contribution >= 4 is 17.7 Å². The summed E-state index contributed by atoms with van der Waals surface area (Å²) in [5.74, 6) is -0.314. The number of carboxylic acid groups (broad SMARTS) is 1. The number of piperidine rings is 2. The molecule has 1 atom stereocenters. The number of ether oxygens (including phenoxy) is 2. The Labute approximate surface area is 215 Å². The lowest BCUT2D eigenvalue weighted by molar-refractivity contribution is -0.200. The summed E-state index contributed by atoms with van der Waals surface area (Å²) >= 11 is 0. The Morgan fingerprint density at radius 3 is 2.38 bits per heavy atom. The smallest absolute Gasteiger partial charge is 0.425 e. The molecule has 3 aliphatic heterocycles. The van der Waals surface area contributed by atoms with Crippen LogP contribution >= 0.6 is 0 Å². The number of hydrogen-bond acceptors (Lipinski definition) is 6. The molecule has 3 saturated heterocycles. The van der Waals surface area contributed by atoms with Crippen molar-refractivity contribution in [3.05, 3.63) is 23.8 Å². The predicted octanol–water partition coefficient (Wildman–Crippen LogP) is 4.51. The van der Waals surface area contributed by atoms with Gasteiger partial charge in [0.05, 0.1) is 13.0 Å². The molecule has 3 fully saturated rings. The molecule has 11 heteroatoms. The minimum atomic E-state index is -4.58. The highest BCUT2D eigenvalue weighted by atomic mass is 19.4. The molecule has 1 N–H and O–H groups in total. The Balaban J connectivity index is 1.43. The summed E-state index contributed by atoms with van der Waals surface area (Å²) < 4.78 is 48.5. The molecule has 3 heterocycles. The Morgan fingerprint density at radius 2 is 1.78 bits per heavy atom. The van der Waals surface area contributed by atoms with E-state index in [-0.39, 0.29) is 11.5 Å². The zero-order chi connectivity index (χ0) is 26.8. The van der Waals surface area contributed by atoms with Crippen molar-refractivity contribution in [1.29, 1.82) is 0 Å². The van der Waals surface area contributed by atoms with Gasteiger partial charge in [0.15, 0.2) is 6.10 Å². The quantitative estimate of drug-likeness (QED) is 0.583. The van der Waals surface area contributed by atoms with E-state index in [4.69, 9.17) is 4.74 Å². The van der Waals surface area contributed by atoms with Gasteiger partial charge in [-0.05, 0) is 63.6 Å². The third-order valence-electron chi connectivity index (χ3n) is 8.27. The highest BCUT2D eigenvalue weighted by Crippen LogP contribution is 2.41. The van der Waals surface area contributed by atoms with Crippen molar-refractivity contribution in [2.45, 2.75) is 69.8 Å². The number of carboxylic acids is 1. The van der Waals surface area contributed by atoms with E-state index in [0.717, 1.165) is 43.3 Å². The number of methoxy groups -OCH3 is 1. The van der Waals surface area contributed by atoms with Gasteiger partial charge in [0.1, 0.15) is 5.75 Å². The van der Waals surface area contributed by atoms with Gasteiger partial charge in [0.2, 0.25) is 0 Å². The van der Waals surface area contributed by atoms with E-state index >= 15 is 0 Å². The number of aliphatic carboxylic acids is 1. The average Bonchev–Trinajstić information content (AvgIpc) is 3.25. The molecule has 1 aromatic carbocycles. The molecule has 1 amide bonds. The van der Waals surface area contributed by atoms with E-state index in [1.54, 1.807) is 7.11 Å². The van der Waals surface area contributed by atoms with Crippen LogP contribution in [0.25, 0.3) is 0 Å². The largest absolute Gasteiger partial charge is 0.497 e. The first-order valence-corrected chi connectivity index (χ1v) is 12.9. The maximum Gasteiger partial charge on any atom is 0.425 e. The Kier molecular flexibility index (Phi) is 8.11. The highest BCUT2D eigenvalue weighted by molar-refractivity contribution is 5.70. The number of halogens is 3. The van der Waals surface area contributed by atoms with Gasteiger partial charge in [0.25, 0.3) is 0 Å². The lowest BCUT2D eigenvalue weighted by atomic mass is 9.84. The first-order chi connectivity index (χ1) is 17.5. The number of carbonyl (C=O) groups excluding carboxylic acids is 1. The zero-order valence-electron chi connectivity index (χ0n) is 21.4. The van der Waals surface area contributed by atoms with Crippen LogP contribution in [-0.4, -0.2) is 84.6 Å². The van der Waals surface area contributed by atoms with Crippen molar-refractivity contribution < 1.29 is 37.3 Å². The number of anilines is 1. The number of amides is 1. The lowest BCUT2D eigenvalue weighted by Crippen LogP contribution is -2.53. The van der Waals surface area contributed by atoms with Crippen molar-refractivity contribution in [2.24, 2.45) is 5.92 Å². The molecule has 0 aromatic heterocycles. The summed E-state index contributed by atoms with van der Waals surface area (Å²) in [6.45, 7) is 4.50. The predicted molar refractivity (Wildman–Crippen MR) is 131 cm³/mol. The standard InChI is InChI=1S/C26H36F3N3O5/c1-18(26(27,28)29)37-24(35)31-14-9-25(10-15-31)8-3-11-32(25)17-20-4-5-21(36-2)16-22(20)30-12-6-19(7-13-30)23(33)34/h4-5,16,18-19H,3,6-15,17H2,1-2H3,(H,33,34). The van der Waals surface area contributed by atoms with E-state index in [2.05, 4.69) is 20.6 Å². The van der Waals surface area contributed by atoms with Gasteiger partial charge in [0, 0.05) is 50.0 Å². The Morgan fingerprint density at radius 1 is 1.11 bits per heavy atom. The molecule has 1 aromatic rings. The summed E-state index contributed by atoms with van der Waals surface area (Å²) in [5, 5.41) is 9.37. The summed E-state index contributed by atoms with van der Waals surface area (Å²) in [6, 6.07) is 6.01. The van der Waals surface area contributed by atoms with Crippen molar-refractivity contribution in [1.82, 2.24) is 9.80 Å². The second kappa shape index (κ2) is 11.0. The van der Waals surface area contributed by atoms with E-state index in [9.17, 15) is 27.9 Å². The minimum absolute atomic E-state index is 0.111. The monoisotopic (exact) mass is 527 g/mol. The second-order valence-electron chi connectivity index (χ2n) is 10.4. The molecule has 1 spiro atoms. The maximum atomic E-state index is 12.8. The summed E-state index contributed by atoms with van der Waals surface area (Å²) in [4.78, 5) is 29.8. The van der Waals surface area contributed by atoms with Crippen LogP contribution < -0.4 is 9.64 Å². The van der Waals surface area contributed by atoms with Gasteiger partial charge >= 0.3 is 18.2 Å². The van der Waals surface area contributed by atoms with Gasteiger partial charge in [-0.15, -0.1) is 0 Å². The number of likely N-dealkylation sites (tertiary alicyclic amines) is 2. The van der Waals surface area contributed by atoms with Crippen LogP contribution in [0.3, 0.4) is 0 Å². The fourth-order valence-electron chi connectivity index (χ4n) is 5.88. The molecule has 206 valence electrons. The van der Waals surface area contributed by atoms with Crippen molar-refractivity contribution in [3.63, 3.8) is 0 Å². The molecular formula is C26H36F3N3O5. The first-order valence-electron chi connectivity index (χ1n) is 12.9. The summed E-state index contributed by atoms with van der Waals surface area (Å²) in [6.07, 6.45) is -3.07. The van der Waals surface area contributed by atoms with Crippen LogP contribution in [0.5, 0.6) is 5.75 Å². The Bertz CT molecular complexity index is 973. The number of nitrogens with zero attached hydrogens (tertiary/aromatic N) is 3. The maximum absolute atomic E-state index is 12.8. The van der Waals surface area contributed by atoms with Crippen LogP contribution in [0, 0.1) is 5.92 Å². The van der Waals surface area contributed by atoms with Crippen molar-refractivity contribution in [2.75, 3.05) is 44.7 Å². The molecular weight excluding hydrogens is 491 g/mol. The normalized spacial score (nSPS) is 21.8. The van der Waals surface area contributed by atoms with Gasteiger partial charge in [-0.1, -0.05) is 6.07 Å². The first kappa shape index (κ1) is 27.3. The van der Waals surface area contributed by atoms with E-state index in [0.29, 0.717) is 58.4 Å². The molecule has 1 unspecified atom stereocenters. The van der Waals surface area contributed by atoms with Crippen LogP contribution in [0.2, 0.25) is 0 Å². The molecule has 0 saturated carbocycles. The molecule has 0 bridgehead atoms. The Hall–Kier alpha value is -2.69. The number of hydrogen-bond donors (Lipinski definition) is 1. The third kappa shape index (κ3) is 6.08. The van der Waals surface area contributed by atoms with E-state index in [1.807, 2.05) is 12.1 Å². The number of benzene rings is 1. The number of rotatable bonds is 6. The topological polar surface area (TPSA) is 82.6 Å². The van der Waals surface area contributed by atoms with E-state index in [1.165, 1.54) is 4.90 Å². The van der Waals surface area contributed by atoms with Gasteiger partial charge < -0.3 is 24.4 Å².